The van der Waals surface area contributed by atoms with E-state index in [-0.39, 0.29) is 17.1 Å². The molecule has 27 heavy (non-hydrogen) atoms. The first-order valence-corrected chi connectivity index (χ1v) is 8.72. The van der Waals surface area contributed by atoms with Gasteiger partial charge in [-0.2, -0.15) is 0 Å². The van der Waals surface area contributed by atoms with Crippen molar-refractivity contribution in [2.24, 2.45) is 0 Å². The Morgan fingerprint density at radius 3 is 2.30 bits per heavy atom. The number of halogens is 1. The van der Waals surface area contributed by atoms with Crippen molar-refractivity contribution < 1.29 is 9.18 Å². The predicted octanol–water partition coefficient (Wildman–Crippen LogP) is 5.51. The fourth-order valence-electron chi connectivity index (χ4n) is 2.58. The molecule has 138 valence electrons. The van der Waals surface area contributed by atoms with Crippen LogP contribution in [0.15, 0.2) is 66.9 Å². The lowest BCUT2D eigenvalue weighted by Gasteiger charge is -2.19. The fourth-order valence-corrected chi connectivity index (χ4v) is 2.58. The van der Waals surface area contributed by atoms with Gasteiger partial charge in [-0.1, -0.05) is 39.0 Å². The Balaban J connectivity index is 1.64. The molecule has 1 aromatic heterocycles. The van der Waals surface area contributed by atoms with Gasteiger partial charge in [0.2, 0.25) is 0 Å². The second-order valence-electron chi connectivity index (χ2n) is 7.35. The van der Waals surface area contributed by atoms with Gasteiger partial charge < -0.3 is 10.6 Å². The van der Waals surface area contributed by atoms with Gasteiger partial charge in [-0.25, -0.2) is 9.37 Å². The average molecular weight is 363 g/mol. The molecule has 2 aromatic carbocycles. The molecule has 0 aliphatic rings. The first-order valence-electron chi connectivity index (χ1n) is 8.72. The first kappa shape index (κ1) is 18.6. The summed E-state index contributed by atoms with van der Waals surface area (Å²) in [5.74, 6) is 0.0533. The van der Waals surface area contributed by atoms with E-state index >= 15 is 0 Å². The maximum Gasteiger partial charge on any atom is 0.255 e. The number of amides is 1. The van der Waals surface area contributed by atoms with Crippen LogP contribution in [0.3, 0.4) is 0 Å². The number of anilines is 3. The second kappa shape index (κ2) is 7.58. The molecule has 1 amide bonds. The van der Waals surface area contributed by atoms with Gasteiger partial charge in [0.05, 0.1) is 11.9 Å². The molecule has 3 aromatic rings. The van der Waals surface area contributed by atoms with E-state index in [0.29, 0.717) is 22.8 Å². The lowest BCUT2D eigenvalue weighted by molar-refractivity contribution is 0.102. The molecular weight excluding hydrogens is 341 g/mol. The molecule has 0 aliphatic carbocycles. The highest BCUT2D eigenvalue weighted by atomic mass is 19.1. The van der Waals surface area contributed by atoms with Crippen molar-refractivity contribution in [2.45, 2.75) is 26.2 Å². The van der Waals surface area contributed by atoms with Gasteiger partial charge in [-0.3, -0.25) is 4.79 Å². The van der Waals surface area contributed by atoms with Crippen molar-refractivity contribution in [3.63, 3.8) is 0 Å². The van der Waals surface area contributed by atoms with Gasteiger partial charge in [-0.15, -0.1) is 0 Å². The highest BCUT2D eigenvalue weighted by molar-refractivity contribution is 6.04. The average Bonchev–Trinajstić information content (AvgIpc) is 2.63. The molecule has 5 heteroatoms. The van der Waals surface area contributed by atoms with Crippen molar-refractivity contribution >= 4 is 23.1 Å². The van der Waals surface area contributed by atoms with Crippen LogP contribution < -0.4 is 10.6 Å². The Kier molecular flexibility index (Phi) is 5.21. The number of hydrogen-bond acceptors (Lipinski definition) is 3. The Bertz CT molecular complexity index is 929. The number of benzene rings is 2. The Morgan fingerprint density at radius 1 is 0.963 bits per heavy atom. The van der Waals surface area contributed by atoms with Crippen molar-refractivity contribution in [1.82, 2.24) is 4.98 Å². The molecule has 0 saturated carbocycles. The fraction of sp³-hybridized carbons (Fsp3) is 0.182. The van der Waals surface area contributed by atoms with E-state index in [1.165, 1.54) is 17.7 Å². The summed E-state index contributed by atoms with van der Waals surface area (Å²) in [6.07, 6.45) is 1.56. The van der Waals surface area contributed by atoms with Crippen LogP contribution in [0.5, 0.6) is 0 Å². The summed E-state index contributed by atoms with van der Waals surface area (Å²) in [5, 5.41) is 5.84. The number of nitrogens with zero attached hydrogens (tertiary/aromatic N) is 1. The maximum absolute atomic E-state index is 13.2. The van der Waals surface area contributed by atoms with E-state index in [1.54, 1.807) is 30.5 Å². The summed E-state index contributed by atoms with van der Waals surface area (Å²) >= 11 is 0. The minimum Gasteiger partial charge on any atom is -0.340 e. The van der Waals surface area contributed by atoms with E-state index < -0.39 is 0 Å². The van der Waals surface area contributed by atoms with Crippen LogP contribution in [0.1, 0.15) is 36.7 Å². The van der Waals surface area contributed by atoms with Crippen LogP contribution in [-0.2, 0) is 5.41 Å². The highest BCUT2D eigenvalue weighted by Crippen LogP contribution is 2.22. The smallest absolute Gasteiger partial charge is 0.255 e. The summed E-state index contributed by atoms with van der Waals surface area (Å²) in [6.45, 7) is 6.40. The molecule has 1 heterocycles. The number of nitrogens with one attached hydrogen (secondary N) is 2. The zero-order chi connectivity index (χ0) is 19.4. The standard InChI is InChI=1S/C22H22FN3O/c1-22(2,3)16-9-7-15(8-10-16)21(27)26-19-11-12-20(24-14-19)25-18-6-4-5-17(23)13-18/h4-14H,1-3H3,(H,24,25)(H,26,27). The summed E-state index contributed by atoms with van der Waals surface area (Å²) in [5.41, 5.74) is 3.00. The van der Waals surface area contributed by atoms with E-state index in [9.17, 15) is 9.18 Å². The lowest BCUT2D eigenvalue weighted by Crippen LogP contribution is -2.14. The Labute approximate surface area is 158 Å². The number of carbonyl (C=O) groups is 1. The molecule has 0 spiro atoms. The van der Waals surface area contributed by atoms with Gasteiger partial charge >= 0.3 is 0 Å². The quantitative estimate of drug-likeness (QED) is 0.642. The normalized spacial score (nSPS) is 11.1. The summed E-state index contributed by atoms with van der Waals surface area (Å²) in [4.78, 5) is 16.6. The molecule has 4 nitrogen and oxygen atoms in total. The van der Waals surface area contributed by atoms with Gasteiger partial charge in [0.25, 0.3) is 5.91 Å². The number of carbonyl (C=O) groups excluding carboxylic acids is 1. The lowest BCUT2D eigenvalue weighted by atomic mass is 9.87. The van der Waals surface area contributed by atoms with E-state index in [2.05, 4.69) is 36.4 Å². The van der Waals surface area contributed by atoms with Gasteiger partial charge in [-0.05, 0) is 53.4 Å². The topological polar surface area (TPSA) is 54.0 Å². The molecule has 0 atom stereocenters. The molecule has 0 aliphatic heterocycles. The second-order valence-corrected chi connectivity index (χ2v) is 7.35. The van der Waals surface area contributed by atoms with Gasteiger partial charge in [0, 0.05) is 11.3 Å². The zero-order valence-electron chi connectivity index (χ0n) is 15.6. The van der Waals surface area contributed by atoms with Crippen LogP contribution in [0, 0.1) is 5.82 Å². The van der Waals surface area contributed by atoms with Crippen LogP contribution in [0.25, 0.3) is 0 Å². The first-order chi connectivity index (χ1) is 12.8. The SMILES string of the molecule is CC(C)(C)c1ccc(C(=O)Nc2ccc(Nc3cccc(F)c3)nc2)cc1. The third-order valence-electron chi connectivity index (χ3n) is 4.13. The Hall–Kier alpha value is -3.21. The molecule has 0 unspecified atom stereocenters. The van der Waals surface area contributed by atoms with Gasteiger partial charge in [0.15, 0.2) is 0 Å². The van der Waals surface area contributed by atoms with Crippen LogP contribution in [-0.4, -0.2) is 10.9 Å². The van der Waals surface area contributed by atoms with Crippen molar-refractivity contribution in [3.05, 3.63) is 83.8 Å². The molecule has 3 rings (SSSR count). The molecule has 0 fully saturated rings. The predicted molar refractivity (Wildman–Crippen MR) is 107 cm³/mol. The Morgan fingerprint density at radius 2 is 1.70 bits per heavy atom. The van der Waals surface area contributed by atoms with Crippen molar-refractivity contribution in [3.8, 4) is 0 Å². The minimum atomic E-state index is -0.318. The molecule has 0 saturated heterocycles. The minimum absolute atomic E-state index is 0.0451. The van der Waals surface area contributed by atoms with Crippen molar-refractivity contribution in [2.75, 3.05) is 10.6 Å². The number of pyridine rings is 1. The summed E-state index contributed by atoms with van der Waals surface area (Å²) < 4.78 is 13.2. The van der Waals surface area contributed by atoms with E-state index in [0.717, 1.165) is 0 Å². The van der Waals surface area contributed by atoms with Crippen molar-refractivity contribution in [1.29, 1.82) is 0 Å². The van der Waals surface area contributed by atoms with Crippen LogP contribution in [0.2, 0.25) is 0 Å². The largest absolute Gasteiger partial charge is 0.340 e. The maximum atomic E-state index is 13.2. The molecule has 0 radical (unpaired) electrons. The van der Waals surface area contributed by atoms with E-state index in [4.69, 9.17) is 0 Å². The van der Waals surface area contributed by atoms with Crippen LogP contribution in [0.4, 0.5) is 21.6 Å². The number of aromatic nitrogens is 1. The van der Waals surface area contributed by atoms with Gasteiger partial charge in [0.1, 0.15) is 11.6 Å². The third-order valence-corrected chi connectivity index (χ3v) is 4.13. The summed E-state index contributed by atoms with van der Waals surface area (Å²) in [7, 11) is 0. The number of rotatable bonds is 4. The highest BCUT2D eigenvalue weighted by Gasteiger charge is 2.14. The van der Waals surface area contributed by atoms with E-state index in [1.807, 2.05) is 24.3 Å². The number of hydrogen-bond donors (Lipinski definition) is 2. The molecule has 0 bridgehead atoms. The zero-order valence-corrected chi connectivity index (χ0v) is 15.6. The third kappa shape index (κ3) is 4.91. The van der Waals surface area contributed by atoms with Crippen LogP contribution >= 0.6 is 0 Å². The monoisotopic (exact) mass is 363 g/mol. The molecule has 2 N–H and O–H groups in total. The summed E-state index contributed by atoms with van der Waals surface area (Å²) in [6, 6.07) is 17.2. The molecular formula is C22H22FN3O.